The summed E-state index contributed by atoms with van der Waals surface area (Å²) in [6, 6.07) is 0.383. The van der Waals surface area contributed by atoms with Crippen molar-refractivity contribution in [1.82, 2.24) is 0 Å². The Kier molecular flexibility index (Phi) is 6.88. The van der Waals surface area contributed by atoms with Gasteiger partial charge in [0.25, 0.3) is 0 Å². The fourth-order valence-electron chi connectivity index (χ4n) is 1.11. The van der Waals surface area contributed by atoms with Gasteiger partial charge in [-0.1, -0.05) is 34.6 Å². The first-order valence-corrected chi connectivity index (χ1v) is 6.77. The number of rotatable bonds is 6. The van der Waals surface area contributed by atoms with Crippen molar-refractivity contribution in [3.8, 4) is 0 Å². The normalized spacial score (nSPS) is 16.7. The molecule has 0 radical (unpaired) electrons. The molecule has 0 saturated heterocycles. The zero-order valence-corrected chi connectivity index (χ0v) is 11.3. The van der Waals surface area contributed by atoms with Gasteiger partial charge in [-0.2, -0.15) is 11.8 Å². The van der Waals surface area contributed by atoms with Gasteiger partial charge in [0.15, 0.2) is 0 Å². The lowest BCUT2D eigenvalue weighted by Gasteiger charge is -2.21. The van der Waals surface area contributed by atoms with Crippen molar-refractivity contribution in [3.63, 3.8) is 0 Å². The maximum atomic E-state index is 6.06. The van der Waals surface area contributed by atoms with Crippen LogP contribution in [-0.4, -0.2) is 17.0 Å². The van der Waals surface area contributed by atoms with Gasteiger partial charge in [0.2, 0.25) is 0 Å². The number of thioether (sulfide) groups is 1. The van der Waals surface area contributed by atoms with Crippen LogP contribution in [0.2, 0.25) is 0 Å². The van der Waals surface area contributed by atoms with Crippen molar-refractivity contribution in [1.29, 1.82) is 0 Å². The first kappa shape index (κ1) is 14.3. The second-order valence-electron chi connectivity index (χ2n) is 5.41. The molecule has 0 rings (SSSR count). The van der Waals surface area contributed by atoms with Gasteiger partial charge in [-0.05, 0) is 24.7 Å². The summed E-state index contributed by atoms with van der Waals surface area (Å²) in [5.41, 5.74) is 6.49. The van der Waals surface area contributed by atoms with Crippen molar-refractivity contribution in [2.24, 2.45) is 11.1 Å². The van der Waals surface area contributed by atoms with Gasteiger partial charge in [0, 0.05) is 17.0 Å². The van der Waals surface area contributed by atoms with Crippen molar-refractivity contribution in [3.05, 3.63) is 0 Å². The smallest absolute Gasteiger partial charge is 0.0130 e. The van der Waals surface area contributed by atoms with Gasteiger partial charge in [0.1, 0.15) is 0 Å². The predicted molar refractivity (Wildman–Crippen MR) is 68.9 cm³/mol. The number of hydrogen-bond acceptors (Lipinski definition) is 2. The van der Waals surface area contributed by atoms with Crippen molar-refractivity contribution >= 4 is 11.8 Å². The van der Waals surface area contributed by atoms with Gasteiger partial charge in [0.05, 0.1) is 0 Å². The fourth-order valence-corrected chi connectivity index (χ4v) is 2.09. The average Bonchev–Trinajstić information content (AvgIpc) is 2.09. The summed E-state index contributed by atoms with van der Waals surface area (Å²) >= 11 is 2.01. The molecule has 2 atom stereocenters. The Hall–Kier alpha value is 0.310. The van der Waals surface area contributed by atoms with Crippen LogP contribution in [0.25, 0.3) is 0 Å². The maximum Gasteiger partial charge on any atom is 0.0130 e. The third-order valence-electron chi connectivity index (χ3n) is 2.43. The Morgan fingerprint density at radius 2 is 1.86 bits per heavy atom. The Morgan fingerprint density at radius 1 is 1.29 bits per heavy atom. The van der Waals surface area contributed by atoms with Crippen LogP contribution in [0.15, 0.2) is 0 Å². The quantitative estimate of drug-likeness (QED) is 0.734. The zero-order chi connectivity index (χ0) is 11.2. The molecule has 2 unspecified atom stereocenters. The van der Waals surface area contributed by atoms with Crippen LogP contribution in [0.5, 0.6) is 0 Å². The van der Waals surface area contributed by atoms with Gasteiger partial charge >= 0.3 is 0 Å². The van der Waals surface area contributed by atoms with E-state index in [0.29, 0.717) is 11.5 Å². The third kappa shape index (κ3) is 8.89. The summed E-state index contributed by atoms with van der Waals surface area (Å²) < 4.78 is 0. The molecule has 0 aliphatic heterocycles. The minimum atomic E-state index is 0.383. The Morgan fingerprint density at radius 3 is 2.29 bits per heavy atom. The molecule has 0 amide bonds. The number of hydrogen-bond donors (Lipinski definition) is 1. The van der Waals surface area contributed by atoms with E-state index in [-0.39, 0.29) is 0 Å². The van der Waals surface area contributed by atoms with E-state index in [9.17, 15) is 0 Å². The first-order chi connectivity index (χ1) is 6.35. The predicted octanol–water partition coefficient (Wildman–Crippen LogP) is 3.67. The van der Waals surface area contributed by atoms with E-state index in [1.807, 2.05) is 11.8 Å². The highest BCUT2D eigenvalue weighted by atomic mass is 32.2. The summed E-state index contributed by atoms with van der Waals surface area (Å²) in [6.07, 6.45) is 3.64. The third-order valence-corrected chi connectivity index (χ3v) is 3.96. The monoisotopic (exact) mass is 217 g/mol. The summed E-state index contributed by atoms with van der Waals surface area (Å²) in [5, 5.41) is 0.760. The summed E-state index contributed by atoms with van der Waals surface area (Å²) in [6.45, 7) is 11.4. The SMILES string of the molecule is CCC(C)SCC(N)CCC(C)(C)C. The largest absolute Gasteiger partial charge is 0.327 e. The Balaban J connectivity index is 3.51. The Labute approximate surface area is 94.2 Å². The van der Waals surface area contributed by atoms with Gasteiger partial charge in [-0.3, -0.25) is 0 Å². The maximum absolute atomic E-state index is 6.06. The molecule has 0 fully saturated rings. The van der Waals surface area contributed by atoms with E-state index < -0.39 is 0 Å². The van der Waals surface area contributed by atoms with Crippen LogP contribution in [0, 0.1) is 5.41 Å². The van der Waals surface area contributed by atoms with E-state index in [2.05, 4.69) is 34.6 Å². The molecule has 0 saturated carbocycles. The molecule has 86 valence electrons. The van der Waals surface area contributed by atoms with Gasteiger partial charge < -0.3 is 5.73 Å². The van der Waals surface area contributed by atoms with Gasteiger partial charge in [-0.25, -0.2) is 0 Å². The molecule has 2 N–H and O–H groups in total. The second-order valence-corrected chi connectivity index (χ2v) is 6.88. The minimum Gasteiger partial charge on any atom is -0.327 e. The minimum absolute atomic E-state index is 0.383. The molecule has 0 spiro atoms. The standard InChI is InChI=1S/C12H27NS/c1-6-10(2)14-9-11(13)7-8-12(3,4)5/h10-11H,6-9,13H2,1-5H3. The lowest BCUT2D eigenvalue weighted by atomic mass is 9.89. The molecule has 0 aromatic carbocycles. The summed E-state index contributed by atoms with van der Waals surface area (Å²) in [7, 11) is 0. The lowest BCUT2D eigenvalue weighted by Crippen LogP contribution is -2.25. The van der Waals surface area contributed by atoms with Crippen LogP contribution in [0.4, 0.5) is 0 Å². The topological polar surface area (TPSA) is 26.0 Å². The molecule has 0 aliphatic rings. The second kappa shape index (κ2) is 6.73. The summed E-state index contributed by atoms with van der Waals surface area (Å²) in [5.74, 6) is 1.12. The van der Waals surface area contributed by atoms with Crippen LogP contribution in [0.1, 0.15) is 53.9 Å². The zero-order valence-electron chi connectivity index (χ0n) is 10.5. The van der Waals surface area contributed by atoms with E-state index in [1.165, 1.54) is 12.8 Å². The van der Waals surface area contributed by atoms with E-state index in [4.69, 9.17) is 5.73 Å². The molecule has 1 nitrogen and oxygen atoms in total. The Bertz CT molecular complexity index is 140. The van der Waals surface area contributed by atoms with Crippen LogP contribution >= 0.6 is 11.8 Å². The van der Waals surface area contributed by atoms with Crippen LogP contribution < -0.4 is 5.73 Å². The average molecular weight is 217 g/mol. The van der Waals surface area contributed by atoms with Crippen molar-refractivity contribution in [2.45, 2.75) is 65.2 Å². The fraction of sp³-hybridized carbons (Fsp3) is 1.00. The molecular formula is C12H27NS. The van der Waals surface area contributed by atoms with Crippen LogP contribution in [-0.2, 0) is 0 Å². The van der Waals surface area contributed by atoms with Crippen molar-refractivity contribution < 1.29 is 0 Å². The molecular weight excluding hydrogens is 190 g/mol. The molecule has 14 heavy (non-hydrogen) atoms. The molecule has 0 heterocycles. The molecule has 0 bridgehead atoms. The van der Waals surface area contributed by atoms with Crippen molar-refractivity contribution in [2.75, 3.05) is 5.75 Å². The number of nitrogens with two attached hydrogens (primary N) is 1. The van der Waals surface area contributed by atoms with E-state index in [1.54, 1.807) is 0 Å². The van der Waals surface area contributed by atoms with E-state index >= 15 is 0 Å². The lowest BCUT2D eigenvalue weighted by molar-refractivity contribution is 0.353. The molecule has 2 heteroatoms. The van der Waals surface area contributed by atoms with E-state index in [0.717, 1.165) is 17.4 Å². The molecule has 0 aliphatic carbocycles. The highest BCUT2D eigenvalue weighted by molar-refractivity contribution is 7.99. The van der Waals surface area contributed by atoms with Gasteiger partial charge in [-0.15, -0.1) is 0 Å². The van der Waals surface area contributed by atoms with Crippen LogP contribution in [0.3, 0.4) is 0 Å². The highest BCUT2D eigenvalue weighted by Gasteiger charge is 2.13. The first-order valence-electron chi connectivity index (χ1n) is 5.72. The highest BCUT2D eigenvalue weighted by Crippen LogP contribution is 2.23. The summed E-state index contributed by atoms with van der Waals surface area (Å²) in [4.78, 5) is 0. The molecule has 0 aromatic heterocycles. The molecule has 0 aromatic rings.